The molecule has 0 spiro atoms. The zero-order valence-electron chi connectivity index (χ0n) is 41.1. The lowest BCUT2D eigenvalue weighted by molar-refractivity contribution is 0.590. The lowest BCUT2D eigenvalue weighted by Crippen LogP contribution is -2.61. The van der Waals surface area contributed by atoms with Crippen LogP contribution in [0.3, 0.4) is 0 Å². The number of aryl methyl sites for hydroxylation is 1. The molecule has 0 aromatic heterocycles. The van der Waals surface area contributed by atoms with Gasteiger partial charge in [0.25, 0.3) is 6.71 Å². The standard InChI is InChI=1S/C68H57BN2/c1-5-6-24-52-35-22-36-56(49-29-16-9-17-30-49)66(52)70-61-41-39-53(47-25-12-7-13-26-47)43-59(61)69-60-44-54(48-27-14-8-15-28-48)40-42-62(60)71(64-46-55(68(2,3)4)45-63(70)65(64)69)67-57(50-31-18-10-19-32-50)37-23-38-58(67)51-33-20-11-21-34-51/h7-23,25-46H,5-6,24H2,1-4H3. The van der Waals surface area contributed by atoms with E-state index in [1.165, 1.54) is 117 Å². The fraction of sp³-hybridized carbons (Fsp3) is 0.118. The first-order chi connectivity index (χ1) is 34.9. The molecule has 0 aliphatic carbocycles. The van der Waals surface area contributed by atoms with Crippen LogP contribution in [0.2, 0.25) is 0 Å². The molecule has 0 radical (unpaired) electrons. The number of fused-ring (bicyclic) bond motifs is 4. The van der Waals surface area contributed by atoms with Gasteiger partial charge in [-0.05, 0) is 109 Å². The average Bonchev–Trinajstić information content (AvgIpc) is 3.42. The minimum atomic E-state index is -0.182. The zero-order chi connectivity index (χ0) is 48.1. The third kappa shape index (κ3) is 7.87. The molecule has 0 N–H and O–H groups in total. The quantitative estimate of drug-likeness (QED) is 0.126. The molecular formula is C68H57BN2. The number of hydrogen-bond acceptors (Lipinski definition) is 2. The molecule has 0 saturated heterocycles. The SMILES string of the molecule is CCCCc1cccc(-c2ccccc2)c1N1c2ccc(-c3ccccc3)cc2B2c3cc(-c4ccccc4)ccc3N(c3c(-c4ccccc4)cccc3-c3ccccc3)c3cc(C(C)(C)C)cc1c32. The molecule has 0 amide bonds. The van der Waals surface area contributed by atoms with E-state index < -0.39 is 0 Å². The number of unbranched alkanes of at least 4 members (excludes halogenated alkanes) is 1. The van der Waals surface area contributed by atoms with Gasteiger partial charge in [0.05, 0.1) is 11.4 Å². The summed E-state index contributed by atoms with van der Waals surface area (Å²) in [5.74, 6) is 0. The van der Waals surface area contributed by atoms with E-state index >= 15 is 0 Å². The summed E-state index contributed by atoms with van der Waals surface area (Å²) in [7, 11) is 0. The van der Waals surface area contributed by atoms with Crippen molar-refractivity contribution in [2.45, 2.75) is 52.4 Å². The molecular weight excluding hydrogens is 856 g/mol. The lowest BCUT2D eigenvalue weighted by atomic mass is 9.33. The molecule has 2 aliphatic heterocycles. The molecule has 0 saturated carbocycles. The third-order valence-corrected chi connectivity index (χ3v) is 14.8. The van der Waals surface area contributed by atoms with Gasteiger partial charge in [0.15, 0.2) is 0 Å². The Morgan fingerprint density at radius 1 is 0.366 bits per heavy atom. The van der Waals surface area contributed by atoms with Crippen LogP contribution in [0, 0.1) is 0 Å². The normalized spacial score (nSPS) is 12.6. The molecule has 0 atom stereocenters. The van der Waals surface area contributed by atoms with E-state index in [0.29, 0.717) is 0 Å². The van der Waals surface area contributed by atoms with Gasteiger partial charge in [0, 0.05) is 39.4 Å². The van der Waals surface area contributed by atoms with Gasteiger partial charge in [-0.25, -0.2) is 0 Å². The highest BCUT2D eigenvalue weighted by atomic mass is 15.2. The Labute approximate surface area is 420 Å². The molecule has 2 heterocycles. The Balaban J connectivity index is 1.26. The minimum absolute atomic E-state index is 0.0918. The molecule has 71 heavy (non-hydrogen) atoms. The fourth-order valence-corrected chi connectivity index (χ4v) is 11.3. The van der Waals surface area contributed by atoms with Crippen molar-refractivity contribution < 1.29 is 0 Å². The van der Waals surface area contributed by atoms with Crippen LogP contribution in [0.25, 0.3) is 55.6 Å². The van der Waals surface area contributed by atoms with Gasteiger partial charge >= 0.3 is 0 Å². The Bertz CT molecular complexity index is 3490. The molecule has 2 nitrogen and oxygen atoms in total. The topological polar surface area (TPSA) is 6.48 Å². The molecule has 10 aromatic carbocycles. The Hall–Kier alpha value is -8.14. The first-order valence-corrected chi connectivity index (χ1v) is 25.4. The molecule has 10 aromatic rings. The molecule has 3 heteroatoms. The predicted molar refractivity (Wildman–Crippen MR) is 305 cm³/mol. The van der Waals surface area contributed by atoms with Gasteiger partial charge in [0.1, 0.15) is 0 Å². The summed E-state index contributed by atoms with van der Waals surface area (Å²) < 4.78 is 0. The van der Waals surface area contributed by atoms with E-state index in [1.54, 1.807) is 0 Å². The number of hydrogen-bond donors (Lipinski definition) is 0. The second kappa shape index (κ2) is 18.3. The molecule has 342 valence electrons. The van der Waals surface area contributed by atoms with E-state index in [9.17, 15) is 0 Å². The minimum Gasteiger partial charge on any atom is -0.311 e. The largest absolute Gasteiger partial charge is 0.311 e. The van der Waals surface area contributed by atoms with Crippen molar-refractivity contribution in [3.8, 4) is 55.6 Å². The van der Waals surface area contributed by atoms with Crippen molar-refractivity contribution in [3.63, 3.8) is 0 Å². The van der Waals surface area contributed by atoms with E-state index in [1.807, 2.05) is 0 Å². The van der Waals surface area contributed by atoms with Crippen LogP contribution < -0.4 is 26.2 Å². The van der Waals surface area contributed by atoms with Crippen LogP contribution in [0.4, 0.5) is 34.1 Å². The monoisotopic (exact) mass is 912 g/mol. The summed E-state index contributed by atoms with van der Waals surface area (Å²) >= 11 is 0. The van der Waals surface area contributed by atoms with Crippen LogP contribution in [0.5, 0.6) is 0 Å². The smallest absolute Gasteiger partial charge is 0.252 e. The molecule has 0 fully saturated rings. The van der Waals surface area contributed by atoms with Crippen molar-refractivity contribution in [1.29, 1.82) is 0 Å². The Morgan fingerprint density at radius 3 is 1.18 bits per heavy atom. The highest BCUT2D eigenvalue weighted by molar-refractivity contribution is 7.00. The number of benzene rings is 10. The summed E-state index contributed by atoms with van der Waals surface area (Å²) in [6, 6.07) is 88.5. The van der Waals surface area contributed by atoms with Crippen LogP contribution in [0.1, 0.15) is 51.7 Å². The predicted octanol–water partition coefficient (Wildman–Crippen LogP) is 16.7. The highest BCUT2D eigenvalue weighted by Crippen LogP contribution is 2.53. The summed E-state index contributed by atoms with van der Waals surface area (Å²) in [5.41, 5.74) is 25.7. The number of nitrogens with zero attached hydrogens (tertiary/aromatic N) is 2. The van der Waals surface area contributed by atoms with Crippen molar-refractivity contribution in [2.75, 3.05) is 9.80 Å². The van der Waals surface area contributed by atoms with Crippen LogP contribution in [-0.2, 0) is 11.8 Å². The van der Waals surface area contributed by atoms with Crippen LogP contribution >= 0.6 is 0 Å². The maximum Gasteiger partial charge on any atom is 0.252 e. The van der Waals surface area contributed by atoms with Gasteiger partial charge < -0.3 is 9.80 Å². The van der Waals surface area contributed by atoms with E-state index in [4.69, 9.17) is 0 Å². The van der Waals surface area contributed by atoms with Gasteiger partial charge in [-0.2, -0.15) is 0 Å². The van der Waals surface area contributed by atoms with Gasteiger partial charge in [-0.1, -0.05) is 246 Å². The number of anilines is 6. The summed E-state index contributed by atoms with van der Waals surface area (Å²) in [6.07, 6.45) is 3.19. The summed E-state index contributed by atoms with van der Waals surface area (Å²) in [5, 5.41) is 0. The summed E-state index contributed by atoms with van der Waals surface area (Å²) in [4.78, 5) is 5.35. The number of para-hydroxylation sites is 2. The van der Waals surface area contributed by atoms with Crippen molar-refractivity contribution in [3.05, 3.63) is 248 Å². The second-order valence-electron chi connectivity index (χ2n) is 20.3. The molecule has 12 rings (SSSR count). The van der Waals surface area contributed by atoms with Crippen LogP contribution in [0.15, 0.2) is 237 Å². The first-order valence-electron chi connectivity index (χ1n) is 25.4. The molecule has 0 unspecified atom stereocenters. The lowest BCUT2D eigenvalue weighted by Gasteiger charge is -2.46. The summed E-state index contributed by atoms with van der Waals surface area (Å²) in [6.45, 7) is 9.33. The fourth-order valence-electron chi connectivity index (χ4n) is 11.3. The van der Waals surface area contributed by atoms with E-state index in [2.05, 4.69) is 274 Å². The molecule has 0 bridgehead atoms. The molecule has 2 aliphatic rings. The Kier molecular flexibility index (Phi) is 11.4. The third-order valence-electron chi connectivity index (χ3n) is 14.8. The second-order valence-corrected chi connectivity index (χ2v) is 20.3. The van der Waals surface area contributed by atoms with E-state index in [-0.39, 0.29) is 12.1 Å². The highest BCUT2D eigenvalue weighted by Gasteiger charge is 2.46. The van der Waals surface area contributed by atoms with Crippen molar-refractivity contribution >= 4 is 57.2 Å². The first kappa shape index (κ1) is 44.1. The number of rotatable bonds is 10. The Morgan fingerprint density at radius 2 is 0.761 bits per heavy atom. The van der Waals surface area contributed by atoms with Gasteiger partial charge in [-0.3, -0.25) is 0 Å². The maximum atomic E-state index is 2.69. The van der Waals surface area contributed by atoms with Gasteiger partial charge in [0.2, 0.25) is 0 Å². The van der Waals surface area contributed by atoms with Crippen LogP contribution in [-0.4, -0.2) is 6.71 Å². The van der Waals surface area contributed by atoms with Crippen molar-refractivity contribution in [2.24, 2.45) is 0 Å². The van der Waals surface area contributed by atoms with Gasteiger partial charge in [-0.15, -0.1) is 0 Å². The van der Waals surface area contributed by atoms with Crippen molar-refractivity contribution in [1.82, 2.24) is 0 Å². The zero-order valence-corrected chi connectivity index (χ0v) is 41.1. The van der Waals surface area contributed by atoms with E-state index in [0.717, 1.165) is 19.3 Å². The average molecular weight is 913 g/mol. The maximum absolute atomic E-state index is 2.69.